The lowest BCUT2D eigenvalue weighted by Crippen LogP contribution is -2.47. The number of sulfone groups is 1. The summed E-state index contributed by atoms with van der Waals surface area (Å²) in [6.07, 6.45) is 6.26. The van der Waals surface area contributed by atoms with Gasteiger partial charge in [-0.25, -0.2) is 8.42 Å². The van der Waals surface area contributed by atoms with Crippen LogP contribution in [0.5, 0.6) is 0 Å². The first-order chi connectivity index (χ1) is 8.05. The van der Waals surface area contributed by atoms with Crippen molar-refractivity contribution >= 4 is 9.84 Å². The minimum absolute atomic E-state index is 0.120. The standard InChI is InChI=1S/C13H25NO2S/c1-3-4-11-5-6-12-13(9-11)17(15,16)10(2)7-8-14-12/h10-14H,3-9H2,1-2H3. The Bertz CT molecular complexity index is 352. The molecule has 0 aromatic carbocycles. The van der Waals surface area contributed by atoms with Gasteiger partial charge in [-0.05, 0) is 45.1 Å². The average Bonchev–Trinajstić information content (AvgIpc) is 2.40. The van der Waals surface area contributed by atoms with Crippen LogP contribution in [-0.4, -0.2) is 31.5 Å². The van der Waals surface area contributed by atoms with Crippen LogP contribution in [0.15, 0.2) is 0 Å². The summed E-state index contributed by atoms with van der Waals surface area (Å²) in [5, 5.41) is 3.17. The molecule has 1 saturated carbocycles. The number of hydrogen-bond donors (Lipinski definition) is 1. The molecule has 1 aliphatic carbocycles. The molecule has 0 bridgehead atoms. The van der Waals surface area contributed by atoms with E-state index in [0.29, 0.717) is 5.92 Å². The molecular weight excluding hydrogens is 234 g/mol. The second kappa shape index (κ2) is 5.27. The van der Waals surface area contributed by atoms with Crippen molar-refractivity contribution < 1.29 is 8.42 Å². The van der Waals surface area contributed by atoms with Crippen LogP contribution in [-0.2, 0) is 9.84 Å². The van der Waals surface area contributed by atoms with Crippen molar-refractivity contribution in [2.24, 2.45) is 5.92 Å². The Hall–Kier alpha value is -0.0900. The molecule has 0 spiro atoms. The monoisotopic (exact) mass is 259 g/mol. The highest BCUT2D eigenvalue weighted by atomic mass is 32.2. The van der Waals surface area contributed by atoms with E-state index in [0.717, 1.165) is 25.8 Å². The Kier molecular flexibility index (Phi) is 4.14. The van der Waals surface area contributed by atoms with Crippen LogP contribution >= 0.6 is 0 Å². The van der Waals surface area contributed by atoms with Crippen molar-refractivity contribution in [3.05, 3.63) is 0 Å². The summed E-state index contributed by atoms with van der Waals surface area (Å²) in [6.45, 7) is 4.93. The van der Waals surface area contributed by atoms with Crippen molar-refractivity contribution in [2.45, 2.75) is 68.9 Å². The maximum absolute atomic E-state index is 12.5. The first-order valence-electron chi connectivity index (χ1n) is 7.01. The maximum atomic E-state index is 12.5. The lowest BCUT2D eigenvalue weighted by Gasteiger charge is -2.35. The number of hydrogen-bond acceptors (Lipinski definition) is 3. The summed E-state index contributed by atoms with van der Waals surface area (Å²) in [5.41, 5.74) is 0. The van der Waals surface area contributed by atoms with E-state index < -0.39 is 9.84 Å². The van der Waals surface area contributed by atoms with Crippen molar-refractivity contribution in [1.29, 1.82) is 0 Å². The molecule has 1 aliphatic heterocycles. The highest BCUT2D eigenvalue weighted by Gasteiger charge is 2.42. The van der Waals surface area contributed by atoms with Gasteiger partial charge in [-0.3, -0.25) is 0 Å². The molecule has 2 aliphatic rings. The van der Waals surface area contributed by atoms with E-state index in [9.17, 15) is 8.42 Å². The predicted octanol–water partition coefficient (Wildman–Crippen LogP) is 2.12. The summed E-state index contributed by atoms with van der Waals surface area (Å²) in [5.74, 6) is 0.628. The molecule has 4 heteroatoms. The fourth-order valence-corrected chi connectivity index (χ4v) is 5.69. The molecule has 0 radical (unpaired) electrons. The smallest absolute Gasteiger partial charge is 0.157 e. The highest BCUT2D eigenvalue weighted by Crippen LogP contribution is 2.35. The molecule has 1 saturated heterocycles. The molecule has 2 rings (SSSR count). The van der Waals surface area contributed by atoms with Gasteiger partial charge < -0.3 is 5.32 Å². The van der Waals surface area contributed by atoms with E-state index in [1.165, 1.54) is 19.3 Å². The fraction of sp³-hybridized carbons (Fsp3) is 1.00. The minimum atomic E-state index is -2.91. The van der Waals surface area contributed by atoms with Crippen molar-refractivity contribution in [1.82, 2.24) is 5.32 Å². The molecule has 0 aromatic rings. The van der Waals surface area contributed by atoms with Crippen LogP contribution in [0.3, 0.4) is 0 Å². The second-order valence-electron chi connectivity index (χ2n) is 5.76. The molecule has 0 amide bonds. The van der Waals surface area contributed by atoms with Crippen LogP contribution in [0.1, 0.15) is 52.4 Å². The van der Waals surface area contributed by atoms with Crippen molar-refractivity contribution in [3.8, 4) is 0 Å². The van der Waals surface area contributed by atoms with Gasteiger partial charge in [0.25, 0.3) is 0 Å². The third-order valence-corrected chi connectivity index (χ3v) is 7.26. The van der Waals surface area contributed by atoms with E-state index in [2.05, 4.69) is 12.2 Å². The molecule has 1 N–H and O–H groups in total. The van der Waals surface area contributed by atoms with Gasteiger partial charge >= 0.3 is 0 Å². The van der Waals surface area contributed by atoms with Gasteiger partial charge in [0.05, 0.1) is 10.5 Å². The van der Waals surface area contributed by atoms with E-state index in [-0.39, 0.29) is 16.5 Å². The molecule has 0 aromatic heterocycles. The van der Waals surface area contributed by atoms with E-state index >= 15 is 0 Å². The Morgan fingerprint density at radius 1 is 1.24 bits per heavy atom. The normalized spacial score (nSPS) is 41.5. The Morgan fingerprint density at radius 3 is 2.71 bits per heavy atom. The SMILES string of the molecule is CCCC1CCC2NCCC(C)S(=O)(=O)C2C1. The van der Waals surface area contributed by atoms with Gasteiger partial charge in [0.1, 0.15) is 0 Å². The zero-order valence-electron chi connectivity index (χ0n) is 11.0. The van der Waals surface area contributed by atoms with Gasteiger partial charge in [-0.15, -0.1) is 0 Å². The van der Waals surface area contributed by atoms with Crippen LogP contribution in [0.4, 0.5) is 0 Å². The van der Waals surface area contributed by atoms with Gasteiger partial charge in [-0.2, -0.15) is 0 Å². The lowest BCUT2D eigenvalue weighted by atomic mass is 9.83. The number of nitrogens with one attached hydrogen (secondary N) is 1. The molecule has 4 unspecified atom stereocenters. The van der Waals surface area contributed by atoms with Gasteiger partial charge in [-0.1, -0.05) is 19.8 Å². The van der Waals surface area contributed by atoms with Gasteiger partial charge in [0.15, 0.2) is 9.84 Å². The van der Waals surface area contributed by atoms with Crippen LogP contribution in [0, 0.1) is 5.92 Å². The summed E-state index contributed by atoms with van der Waals surface area (Å²) in [4.78, 5) is 0. The highest BCUT2D eigenvalue weighted by molar-refractivity contribution is 7.92. The summed E-state index contributed by atoms with van der Waals surface area (Å²) in [7, 11) is -2.91. The third-order valence-electron chi connectivity index (χ3n) is 4.54. The van der Waals surface area contributed by atoms with Crippen molar-refractivity contribution in [3.63, 3.8) is 0 Å². The second-order valence-corrected chi connectivity index (χ2v) is 8.34. The first kappa shape index (κ1) is 13.3. The number of rotatable bonds is 2. The topological polar surface area (TPSA) is 46.2 Å². The molecule has 2 fully saturated rings. The Balaban J connectivity index is 2.17. The van der Waals surface area contributed by atoms with E-state index in [1.807, 2.05) is 6.92 Å². The van der Waals surface area contributed by atoms with E-state index in [4.69, 9.17) is 0 Å². The quantitative estimate of drug-likeness (QED) is 0.826. The van der Waals surface area contributed by atoms with Gasteiger partial charge in [0.2, 0.25) is 0 Å². The van der Waals surface area contributed by atoms with Crippen LogP contribution in [0.25, 0.3) is 0 Å². The molecule has 4 atom stereocenters. The predicted molar refractivity (Wildman–Crippen MR) is 70.8 cm³/mol. The lowest BCUT2D eigenvalue weighted by molar-refractivity contribution is 0.284. The van der Waals surface area contributed by atoms with E-state index in [1.54, 1.807) is 0 Å². The summed E-state index contributed by atoms with van der Waals surface area (Å²) >= 11 is 0. The molecule has 100 valence electrons. The Morgan fingerprint density at radius 2 is 2.00 bits per heavy atom. The minimum Gasteiger partial charge on any atom is -0.313 e. The molecular formula is C13H25NO2S. The average molecular weight is 259 g/mol. The zero-order valence-corrected chi connectivity index (χ0v) is 11.8. The Labute approximate surface area is 105 Å². The third kappa shape index (κ3) is 2.68. The van der Waals surface area contributed by atoms with Gasteiger partial charge in [0, 0.05) is 6.04 Å². The summed E-state index contributed by atoms with van der Waals surface area (Å²) in [6, 6.07) is 0.220. The molecule has 1 heterocycles. The number of fused-ring (bicyclic) bond motifs is 1. The van der Waals surface area contributed by atoms with Crippen LogP contribution < -0.4 is 5.32 Å². The maximum Gasteiger partial charge on any atom is 0.157 e. The fourth-order valence-electron chi connectivity index (χ4n) is 3.41. The molecule has 3 nitrogen and oxygen atoms in total. The summed E-state index contributed by atoms with van der Waals surface area (Å²) < 4.78 is 25.0. The van der Waals surface area contributed by atoms with Crippen molar-refractivity contribution in [2.75, 3.05) is 6.54 Å². The largest absolute Gasteiger partial charge is 0.313 e. The first-order valence-corrected chi connectivity index (χ1v) is 8.62. The molecule has 17 heavy (non-hydrogen) atoms. The zero-order chi connectivity index (χ0) is 12.5. The van der Waals surface area contributed by atoms with Crippen LogP contribution in [0.2, 0.25) is 0 Å².